The van der Waals surface area contributed by atoms with Gasteiger partial charge in [-0.05, 0) is 37.0 Å². The monoisotopic (exact) mass is 338 g/mol. The molecule has 1 aromatic rings. The molecule has 2 rings (SSSR count). The number of hydrogen-bond acceptors (Lipinski definition) is 2. The van der Waals surface area contributed by atoms with Crippen molar-refractivity contribution in [1.29, 1.82) is 0 Å². The molecule has 20 heavy (non-hydrogen) atoms. The van der Waals surface area contributed by atoms with E-state index in [1.807, 2.05) is 17.0 Å². The fourth-order valence-electron chi connectivity index (χ4n) is 2.85. The van der Waals surface area contributed by atoms with Gasteiger partial charge in [-0.1, -0.05) is 47.8 Å². The third-order valence-corrected chi connectivity index (χ3v) is 4.45. The average Bonchev–Trinajstić information content (AvgIpc) is 2.93. The van der Waals surface area contributed by atoms with Crippen molar-refractivity contribution in [2.45, 2.75) is 51.1 Å². The van der Waals surface area contributed by atoms with E-state index >= 15 is 0 Å². The van der Waals surface area contributed by atoms with Crippen LogP contribution in [0.15, 0.2) is 28.7 Å². The second-order valence-corrected chi connectivity index (χ2v) is 6.41. The molecule has 1 aliphatic rings. The first-order valence-electron chi connectivity index (χ1n) is 7.45. The first kappa shape index (κ1) is 15.5. The van der Waals surface area contributed by atoms with Gasteiger partial charge in [0.1, 0.15) is 0 Å². The van der Waals surface area contributed by atoms with Gasteiger partial charge in [0.05, 0.1) is 12.1 Å². The summed E-state index contributed by atoms with van der Waals surface area (Å²) in [6.45, 7) is 2.95. The van der Waals surface area contributed by atoms with E-state index in [9.17, 15) is 4.79 Å². The van der Waals surface area contributed by atoms with Crippen LogP contribution in [-0.4, -0.2) is 23.4 Å². The normalized spacial score (nSPS) is 20.1. The third kappa shape index (κ3) is 3.61. The number of nitrogens with two attached hydrogens (primary N) is 1. The van der Waals surface area contributed by atoms with Crippen LogP contribution in [0.25, 0.3) is 0 Å². The number of halogens is 1. The maximum absolute atomic E-state index is 12.5. The first-order chi connectivity index (χ1) is 9.63. The number of nitrogens with zero attached hydrogens (tertiary/aromatic N) is 1. The lowest BCUT2D eigenvalue weighted by atomic mass is 10.0. The number of carbonyl (C=O) groups excluding carboxylic acids is 1. The fourth-order valence-corrected chi connectivity index (χ4v) is 3.27. The highest BCUT2D eigenvalue weighted by Gasteiger charge is 2.32. The predicted octanol–water partition coefficient (Wildman–Crippen LogP) is 3.63. The third-order valence-electron chi connectivity index (χ3n) is 3.96. The molecule has 0 radical (unpaired) electrons. The molecule has 2 N–H and O–H groups in total. The Bertz CT molecular complexity index is 464. The first-order valence-corrected chi connectivity index (χ1v) is 8.24. The highest BCUT2D eigenvalue weighted by atomic mass is 79.9. The molecule has 1 heterocycles. The van der Waals surface area contributed by atoms with Crippen molar-refractivity contribution in [2.75, 3.05) is 6.54 Å². The van der Waals surface area contributed by atoms with E-state index < -0.39 is 0 Å². The van der Waals surface area contributed by atoms with Gasteiger partial charge in [-0.15, -0.1) is 0 Å². The van der Waals surface area contributed by atoms with E-state index in [1.165, 1.54) is 5.56 Å². The Morgan fingerprint density at radius 1 is 1.55 bits per heavy atom. The molecule has 110 valence electrons. The summed E-state index contributed by atoms with van der Waals surface area (Å²) in [7, 11) is 0. The quantitative estimate of drug-likeness (QED) is 0.890. The zero-order valence-electron chi connectivity index (χ0n) is 12.0. The summed E-state index contributed by atoms with van der Waals surface area (Å²) in [6, 6.07) is 8.08. The minimum Gasteiger partial charge on any atom is -0.334 e. The minimum atomic E-state index is -0.345. The fraction of sp³-hybridized carbons (Fsp3) is 0.562. The Hall–Kier alpha value is -0.870. The van der Waals surface area contributed by atoms with Crippen LogP contribution in [0, 0.1) is 0 Å². The number of amides is 1. The average molecular weight is 339 g/mol. The second-order valence-electron chi connectivity index (χ2n) is 5.49. The van der Waals surface area contributed by atoms with Crippen LogP contribution in [0.4, 0.5) is 0 Å². The molecular weight excluding hydrogens is 316 g/mol. The number of unbranched alkanes of at least 4 members (excludes halogenated alkanes) is 1. The number of likely N-dealkylation sites (tertiary alicyclic amines) is 1. The summed E-state index contributed by atoms with van der Waals surface area (Å²) in [5, 5.41) is 0. The molecule has 1 aromatic carbocycles. The summed E-state index contributed by atoms with van der Waals surface area (Å²) >= 11 is 3.50. The van der Waals surface area contributed by atoms with Crippen LogP contribution in [0.1, 0.15) is 50.6 Å². The number of rotatable bonds is 5. The van der Waals surface area contributed by atoms with Crippen molar-refractivity contribution < 1.29 is 4.79 Å². The maximum Gasteiger partial charge on any atom is 0.239 e. The molecule has 0 bridgehead atoms. The molecule has 0 aliphatic carbocycles. The smallest absolute Gasteiger partial charge is 0.239 e. The van der Waals surface area contributed by atoms with Crippen molar-refractivity contribution in [3.63, 3.8) is 0 Å². The van der Waals surface area contributed by atoms with Gasteiger partial charge in [-0.3, -0.25) is 4.79 Å². The molecule has 1 fully saturated rings. The number of benzene rings is 1. The Kier molecular flexibility index (Phi) is 5.61. The summed E-state index contributed by atoms with van der Waals surface area (Å²) in [4.78, 5) is 14.5. The highest BCUT2D eigenvalue weighted by molar-refractivity contribution is 9.10. The van der Waals surface area contributed by atoms with E-state index in [1.54, 1.807) is 0 Å². The Morgan fingerprint density at radius 3 is 3.05 bits per heavy atom. The number of carbonyl (C=O) groups is 1. The van der Waals surface area contributed by atoms with E-state index in [-0.39, 0.29) is 18.0 Å². The Balaban J connectivity index is 2.09. The lowest BCUT2D eigenvalue weighted by Gasteiger charge is -2.28. The summed E-state index contributed by atoms with van der Waals surface area (Å²) in [5.41, 5.74) is 7.25. The second kappa shape index (κ2) is 7.23. The molecule has 2 atom stereocenters. The van der Waals surface area contributed by atoms with Gasteiger partial charge in [0.25, 0.3) is 0 Å². The van der Waals surface area contributed by atoms with Crippen LogP contribution in [0.2, 0.25) is 0 Å². The van der Waals surface area contributed by atoms with Gasteiger partial charge in [-0.2, -0.15) is 0 Å². The molecular formula is C16H23BrN2O. The van der Waals surface area contributed by atoms with Crippen LogP contribution < -0.4 is 5.73 Å². The maximum atomic E-state index is 12.5. The topological polar surface area (TPSA) is 46.3 Å². The molecule has 0 saturated carbocycles. The van der Waals surface area contributed by atoms with E-state index in [2.05, 4.69) is 35.0 Å². The Morgan fingerprint density at radius 2 is 2.35 bits per heavy atom. The molecule has 4 heteroatoms. The Labute approximate surface area is 129 Å². The largest absolute Gasteiger partial charge is 0.334 e. The standard InChI is InChI=1S/C16H23BrN2O/c1-2-3-8-14(18)16(20)19-10-5-9-15(19)12-6-4-7-13(17)11-12/h4,6-7,11,14-15H,2-3,5,8-10,18H2,1H3. The lowest BCUT2D eigenvalue weighted by Crippen LogP contribution is -2.43. The van der Waals surface area contributed by atoms with Crippen molar-refractivity contribution in [3.05, 3.63) is 34.3 Å². The van der Waals surface area contributed by atoms with Crippen LogP contribution in [0.5, 0.6) is 0 Å². The van der Waals surface area contributed by atoms with E-state index in [4.69, 9.17) is 5.73 Å². The summed E-state index contributed by atoms with van der Waals surface area (Å²) in [5.74, 6) is 0.112. The molecule has 0 spiro atoms. The van der Waals surface area contributed by atoms with Crippen LogP contribution >= 0.6 is 15.9 Å². The zero-order valence-corrected chi connectivity index (χ0v) is 13.6. The lowest BCUT2D eigenvalue weighted by molar-refractivity contribution is -0.133. The predicted molar refractivity (Wildman–Crippen MR) is 85.3 cm³/mol. The molecule has 2 unspecified atom stereocenters. The van der Waals surface area contributed by atoms with Gasteiger partial charge >= 0.3 is 0 Å². The van der Waals surface area contributed by atoms with E-state index in [0.717, 1.165) is 43.1 Å². The number of hydrogen-bond donors (Lipinski definition) is 1. The SMILES string of the molecule is CCCCC(N)C(=O)N1CCCC1c1cccc(Br)c1. The van der Waals surface area contributed by atoms with Crippen molar-refractivity contribution in [1.82, 2.24) is 4.90 Å². The van der Waals surface area contributed by atoms with Gasteiger partial charge in [0.15, 0.2) is 0 Å². The summed E-state index contributed by atoms with van der Waals surface area (Å²) in [6.07, 6.45) is 4.97. The van der Waals surface area contributed by atoms with Crippen molar-refractivity contribution in [2.24, 2.45) is 5.73 Å². The minimum absolute atomic E-state index is 0.112. The molecule has 0 aromatic heterocycles. The van der Waals surface area contributed by atoms with Crippen LogP contribution in [-0.2, 0) is 4.79 Å². The van der Waals surface area contributed by atoms with Crippen LogP contribution in [0.3, 0.4) is 0 Å². The van der Waals surface area contributed by atoms with Gasteiger partial charge in [0, 0.05) is 11.0 Å². The zero-order chi connectivity index (χ0) is 14.5. The van der Waals surface area contributed by atoms with Gasteiger partial charge in [-0.25, -0.2) is 0 Å². The van der Waals surface area contributed by atoms with Crippen molar-refractivity contribution >= 4 is 21.8 Å². The molecule has 1 saturated heterocycles. The van der Waals surface area contributed by atoms with E-state index in [0.29, 0.717) is 0 Å². The molecule has 1 aliphatic heterocycles. The molecule has 3 nitrogen and oxygen atoms in total. The van der Waals surface area contributed by atoms with Gasteiger partial charge in [0.2, 0.25) is 5.91 Å². The summed E-state index contributed by atoms with van der Waals surface area (Å²) < 4.78 is 1.06. The molecule has 1 amide bonds. The highest BCUT2D eigenvalue weighted by Crippen LogP contribution is 2.33. The van der Waals surface area contributed by atoms with Crippen molar-refractivity contribution in [3.8, 4) is 0 Å². The van der Waals surface area contributed by atoms with Gasteiger partial charge < -0.3 is 10.6 Å².